The Morgan fingerprint density at radius 2 is 1.86 bits per heavy atom. The highest BCUT2D eigenvalue weighted by molar-refractivity contribution is 6.30. The van der Waals surface area contributed by atoms with Crippen LogP contribution in [0.1, 0.15) is 22.6 Å². The summed E-state index contributed by atoms with van der Waals surface area (Å²) in [5.74, 6) is 1.90. The topological polar surface area (TPSA) is 100 Å². The second-order valence-electron chi connectivity index (χ2n) is 9.91. The van der Waals surface area contributed by atoms with Crippen LogP contribution in [0.4, 0.5) is 11.8 Å². The molecule has 0 atom stereocenters. The Bertz CT molecular complexity index is 1390. The van der Waals surface area contributed by atoms with Gasteiger partial charge in [-0.1, -0.05) is 22.8 Å². The molecule has 1 aliphatic heterocycles. The second kappa shape index (κ2) is 10.6. The Labute approximate surface area is 222 Å². The molecule has 37 heavy (non-hydrogen) atoms. The predicted molar refractivity (Wildman–Crippen MR) is 148 cm³/mol. The number of benzene rings is 1. The van der Waals surface area contributed by atoms with Gasteiger partial charge in [0, 0.05) is 69.0 Å². The molecule has 0 bridgehead atoms. The summed E-state index contributed by atoms with van der Waals surface area (Å²) in [5.41, 5.74) is 12.3. The molecule has 4 aromatic rings. The van der Waals surface area contributed by atoms with Crippen molar-refractivity contribution >= 4 is 34.3 Å². The molecular formula is C27H33ClN8O. The number of nitrogens with zero attached hydrogens (tertiary/aromatic N) is 7. The number of aryl methyl sites for hydroxylation is 2. The molecule has 0 aliphatic carbocycles. The third kappa shape index (κ3) is 5.39. The van der Waals surface area contributed by atoms with E-state index in [1.165, 1.54) is 0 Å². The molecule has 10 heteroatoms. The molecule has 4 heterocycles. The number of pyridine rings is 1. The Kier molecular flexibility index (Phi) is 7.28. The fourth-order valence-electron chi connectivity index (χ4n) is 5.01. The first-order valence-corrected chi connectivity index (χ1v) is 12.9. The summed E-state index contributed by atoms with van der Waals surface area (Å²) in [4.78, 5) is 21.0. The van der Waals surface area contributed by atoms with Gasteiger partial charge < -0.3 is 20.1 Å². The number of halogens is 1. The highest BCUT2D eigenvalue weighted by atomic mass is 35.5. The molecule has 1 aliphatic rings. The summed E-state index contributed by atoms with van der Waals surface area (Å²) in [6.45, 7) is 9.69. The van der Waals surface area contributed by atoms with Gasteiger partial charge in [-0.15, -0.1) is 0 Å². The van der Waals surface area contributed by atoms with Crippen LogP contribution >= 0.6 is 11.6 Å². The molecule has 3 aromatic heterocycles. The van der Waals surface area contributed by atoms with Crippen molar-refractivity contribution in [1.29, 1.82) is 0 Å². The molecule has 1 saturated heterocycles. The van der Waals surface area contributed by atoms with Gasteiger partial charge in [-0.05, 0) is 56.8 Å². The van der Waals surface area contributed by atoms with E-state index >= 15 is 0 Å². The van der Waals surface area contributed by atoms with Crippen molar-refractivity contribution in [3.8, 4) is 11.1 Å². The van der Waals surface area contributed by atoms with Gasteiger partial charge in [-0.3, -0.25) is 9.88 Å². The minimum atomic E-state index is 0.466. The van der Waals surface area contributed by atoms with E-state index in [-0.39, 0.29) is 0 Å². The summed E-state index contributed by atoms with van der Waals surface area (Å²) >= 11 is 6.25. The number of nitrogens with two attached hydrogens (primary N) is 1. The molecule has 2 N–H and O–H groups in total. The predicted octanol–water partition coefficient (Wildman–Crippen LogP) is 3.81. The van der Waals surface area contributed by atoms with E-state index in [2.05, 4.69) is 45.0 Å². The van der Waals surface area contributed by atoms with Crippen LogP contribution in [0.25, 0.3) is 22.0 Å². The number of nitrogen functional groups attached to an aromatic ring is 1. The summed E-state index contributed by atoms with van der Waals surface area (Å²) in [6, 6.07) is 6.02. The minimum absolute atomic E-state index is 0.466. The molecule has 9 nitrogen and oxygen atoms in total. The van der Waals surface area contributed by atoms with Crippen molar-refractivity contribution in [2.45, 2.75) is 20.3 Å². The Morgan fingerprint density at radius 1 is 1.08 bits per heavy atom. The van der Waals surface area contributed by atoms with Gasteiger partial charge >= 0.3 is 0 Å². The fraction of sp³-hybridized carbons (Fsp3) is 0.407. The zero-order chi connectivity index (χ0) is 26.1. The van der Waals surface area contributed by atoms with Gasteiger partial charge in [0.1, 0.15) is 11.6 Å². The Hall–Kier alpha value is -3.27. The van der Waals surface area contributed by atoms with Gasteiger partial charge in [-0.2, -0.15) is 4.98 Å². The molecule has 1 fully saturated rings. The first-order chi connectivity index (χ1) is 17.8. The Balaban J connectivity index is 1.53. The number of anilines is 2. The van der Waals surface area contributed by atoms with Crippen LogP contribution in [0.5, 0.6) is 0 Å². The van der Waals surface area contributed by atoms with Gasteiger partial charge in [0.2, 0.25) is 5.95 Å². The summed E-state index contributed by atoms with van der Waals surface area (Å²) < 4.78 is 5.49. The highest BCUT2D eigenvalue weighted by Gasteiger charge is 2.23. The quantitative estimate of drug-likeness (QED) is 0.390. The van der Waals surface area contributed by atoms with Crippen molar-refractivity contribution in [3.63, 3.8) is 0 Å². The van der Waals surface area contributed by atoms with E-state index in [0.717, 1.165) is 83.9 Å². The maximum Gasteiger partial charge on any atom is 0.227 e. The number of rotatable bonds is 7. The van der Waals surface area contributed by atoms with E-state index in [9.17, 15) is 0 Å². The lowest BCUT2D eigenvalue weighted by molar-refractivity contribution is 0.229. The number of piperazine rings is 1. The summed E-state index contributed by atoms with van der Waals surface area (Å²) in [5, 5.41) is 5.61. The largest absolute Gasteiger partial charge is 0.383 e. The second-order valence-corrected chi connectivity index (χ2v) is 10.4. The first-order valence-electron chi connectivity index (χ1n) is 12.5. The van der Waals surface area contributed by atoms with Crippen molar-refractivity contribution in [3.05, 3.63) is 58.2 Å². The monoisotopic (exact) mass is 520 g/mol. The molecule has 1 aromatic carbocycles. The average Bonchev–Trinajstić information content (AvgIpc) is 3.20. The van der Waals surface area contributed by atoms with E-state index in [4.69, 9.17) is 31.8 Å². The summed E-state index contributed by atoms with van der Waals surface area (Å²) in [7, 11) is 4.21. The average molecular weight is 521 g/mol. The van der Waals surface area contributed by atoms with E-state index < -0.39 is 0 Å². The van der Waals surface area contributed by atoms with Crippen LogP contribution in [0.15, 0.2) is 35.1 Å². The highest BCUT2D eigenvalue weighted by Crippen LogP contribution is 2.37. The molecule has 194 valence electrons. The number of hydrogen-bond acceptors (Lipinski definition) is 9. The van der Waals surface area contributed by atoms with Crippen molar-refractivity contribution < 1.29 is 4.52 Å². The van der Waals surface area contributed by atoms with Crippen LogP contribution in [-0.4, -0.2) is 83.3 Å². The molecular weight excluding hydrogens is 488 g/mol. The lowest BCUT2D eigenvalue weighted by Gasteiger charge is -2.35. The van der Waals surface area contributed by atoms with Crippen LogP contribution in [0, 0.1) is 13.8 Å². The maximum absolute atomic E-state index is 6.68. The lowest BCUT2D eigenvalue weighted by Crippen LogP contribution is -2.48. The molecule has 0 amide bonds. The van der Waals surface area contributed by atoms with E-state index in [1.807, 2.05) is 32.2 Å². The zero-order valence-electron chi connectivity index (χ0n) is 21.8. The van der Waals surface area contributed by atoms with Gasteiger partial charge in [0.25, 0.3) is 0 Å². The third-order valence-corrected chi connectivity index (χ3v) is 7.16. The van der Waals surface area contributed by atoms with Crippen molar-refractivity contribution in [2.24, 2.45) is 0 Å². The lowest BCUT2D eigenvalue weighted by atomic mass is 9.91. The zero-order valence-corrected chi connectivity index (χ0v) is 22.6. The molecule has 0 radical (unpaired) electrons. The van der Waals surface area contributed by atoms with E-state index in [1.54, 1.807) is 6.20 Å². The normalized spacial score (nSPS) is 14.7. The van der Waals surface area contributed by atoms with E-state index in [0.29, 0.717) is 23.2 Å². The molecule has 0 saturated carbocycles. The third-order valence-electron chi connectivity index (χ3n) is 6.95. The summed E-state index contributed by atoms with van der Waals surface area (Å²) in [6.07, 6.45) is 4.03. The van der Waals surface area contributed by atoms with Crippen molar-refractivity contribution in [2.75, 3.05) is 64.0 Å². The fourth-order valence-corrected chi connectivity index (χ4v) is 5.20. The minimum Gasteiger partial charge on any atom is -0.383 e. The standard InChI is InChI=1S/C27H33ClN8O/c1-17-24(18(2)37-33-17)21-5-6-23-25(22(21)14-19-13-20(28)16-30-15-19)26(29)32-27(31-23)36-11-9-35(10-12-36)8-7-34(3)4/h5-6,13,15-16H,7-12,14H2,1-4H3,(H2,29,31,32). The number of likely N-dealkylation sites (N-methyl/N-ethyl adjacent to an activating group) is 1. The number of fused-ring (bicyclic) bond motifs is 1. The molecule has 5 rings (SSSR count). The van der Waals surface area contributed by atoms with Gasteiger partial charge in [-0.25, -0.2) is 4.98 Å². The Morgan fingerprint density at radius 3 is 2.54 bits per heavy atom. The van der Waals surface area contributed by atoms with Crippen molar-refractivity contribution in [1.82, 2.24) is 29.9 Å². The SMILES string of the molecule is Cc1noc(C)c1-c1ccc2nc(N3CCN(CCN(C)C)CC3)nc(N)c2c1Cc1cncc(Cl)c1. The smallest absolute Gasteiger partial charge is 0.227 e. The number of hydrogen-bond donors (Lipinski definition) is 1. The number of aromatic nitrogens is 4. The molecule has 0 unspecified atom stereocenters. The van der Waals surface area contributed by atoms with Crippen LogP contribution in [0.3, 0.4) is 0 Å². The molecule has 0 spiro atoms. The first kappa shape index (κ1) is 25.4. The van der Waals surface area contributed by atoms with Gasteiger partial charge in [0.15, 0.2) is 0 Å². The maximum atomic E-state index is 6.68. The van der Waals surface area contributed by atoms with Crippen LogP contribution < -0.4 is 10.6 Å². The van der Waals surface area contributed by atoms with Crippen LogP contribution in [0.2, 0.25) is 5.02 Å². The van der Waals surface area contributed by atoms with Crippen LogP contribution in [-0.2, 0) is 6.42 Å². The van der Waals surface area contributed by atoms with Gasteiger partial charge in [0.05, 0.1) is 16.2 Å².